The van der Waals surface area contributed by atoms with Crippen LogP contribution in [-0.2, 0) is 5.75 Å². The number of halogens is 1. The summed E-state index contributed by atoms with van der Waals surface area (Å²) < 4.78 is 9.82. The Balaban J connectivity index is 1.70. The molecule has 2 aromatic carbocycles. The Labute approximate surface area is 149 Å². The van der Waals surface area contributed by atoms with Gasteiger partial charge in [0, 0.05) is 15.8 Å². The minimum atomic E-state index is 0.771. The van der Waals surface area contributed by atoms with E-state index in [-0.39, 0.29) is 0 Å². The molecular weight excluding hydrogens is 394 g/mol. The Hall–Kier alpha value is -1.57. The predicted octanol–water partition coefficient (Wildman–Crippen LogP) is 5.01. The van der Waals surface area contributed by atoms with Gasteiger partial charge < -0.3 is 4.74 Å². The monoisotopic (exact) mass is 405 g/mol. The Kier molecular flexibility index (Phi) is 4.00. The average Bonchev–Trinajstić information content (AvgIpc) is 3.12. The molecule has 0 amide bonds. The van der Waals surface area contributed by atoms with E-state index in [0.717, 1.165) is 37.2 Å². The standard InChI is InChI=1S/C16H12BrN3OS2/c1-21-13-7-6-11(17)8-10(13)9-22-15-18-19-16-20(15)12-4-2-3-5-14(12)23-16/h2-8H,9H2,1H3. The van der Waals surface area contributed by atoms with Crippen molar-refractivity contribution < 1.29 is 4.74 Å². The highest BCUT2D eigenvalue weighted by Crippen LogP contribution is 2.33. The van der Waals surface area contributed by atoms with Gasteiger partial charge in [-0.15, -0.1) is 10.2 Å². The van der Waals surface area contributed by atoms with Gasteiger partial charge in [0.25, 0.3) is 0 Å². The molecule has 2 heterocycles. The smallest absolute Gasteiger partial charge is 0.217 e. The molecule has 116 valence electrons. The van der Waals surface area contributed by atoms with Gasteiger partial charge in [0.2, 0.25) is 4.96 Å². The molecule has 0 unspecified atom stereocenters. The molecule has 0 radical (unpaired) electrons. The van der Waals surface area contributed by atoms with Crippen molar-refractivity contribution in [3.05, 3.63) is 52.5 Å². The van der Waals surface area contributed by atoms with Crippen LogP contribution in [-0.4, -0.2) is 21.7 Å². The largest absolute Gasteiger partial charge is 0.496 e. The Bertz CT molecular complexity index is 995. The number of ether oxygens (including phenoxy) is 1. The number of fused-ring (bicyclic) bond motifs is 3. The van der Waals surface area contributed by atoms with Crippen molar-refractivity contribution in [3.63, 3.8) is 0 Å². The summed E-state index contributed by atoms with van der Waals surface area (Å²) in [6.07, 6.45) is 0. The highest BCUT2D eigenvalue weighted by molar-refractivity contribution is 9.10. The third-order valence-corrected chi connectivity index (χ3v) is 5.99. The van der Waals surface area contributed by atoms with Crippen molar-refractivity contribution in [2.75, 3.05) is 7.11 Å². The van der Waals surface area contributed by atoms with Gasteiger partial charge in [-0.25, -0.2) is 0 Å². The minimum absolute atomic E-state index is 0.771. The molecular formula is C16H12BrN3OS2. The molecule has 0 saturated carbocycles. The topological polar surface area (TPSA) is 39.4 Å². The molecule has 4 aromatic rings. The fraction of sp³-hybridized carbons (Fsp3) is 0.125. The second-order valence-corrected chi connectivity index (χ2v) is 7.78. The molecule has 0 aliphatic rings. The van der Waals surface area contributed by atoms with E-state index in [0.29, 0.717) is 0 Å². The first-order valence-corrected chi connectivity index (χ1v) is 9.53. The van der Waals surface area contributed by atoms with Crippen molar-refractivity contribution in [3.8, 4) is 5.75 Å². The van der Waals surface area contributed by atoms with Gasteiger partial charge in [-0.3, -0.25) is 4.40 Å². The van der Waals surface area contributed by atoms with E-state index < -0.39 is 0 Å². The molecule has 0 bridgehead atoms. The van der Waals surface area contributed by atoms with E-state index >= 15 is 0 Å². The average molecular weight is 406 g/mol. The molecule has 23 heavy (non-hydrogen) atoms. The van der Waals surface area contributed by atoms with Gasteiger partial charge in [0.15, 0.2) is 5.16 Å². The summed E-state index contributed by atoms with van der Waals surface area (Å²) in [5.41, 5.74) is 2.28. The van der Waals surface area contributed by atoms with Crippen LogP contribution in [0.15, 0.2) is 52.1 Å². The minimum Gasteiger partial charge on any atom is -0.496 e. The van der Waals surface area contributed by atoms with Gasteiger partial charge >= 0.3 is 0 Å². The van der Waals surface area contributed by atoms with Crippen LogP contribution < -0.4 is 4.74 Å². The fourth-order valence-corrected chi connectivity index (χ4v) is 4.81. The van der Waals surface area contributed by atoms with Crippen LogP contribution in [0.2, 0.25) is 0 Å². The maximum atomic E-state index is 5.44. The van der Waals surface area contributed by atoms with Gasteiger partial charge in [-0.1, -0.05) is 51.2 Å². The lowest BCUT2D eigenvalue weighted by atomic mass is 10.2. The van der Waals surface area contributed by atoms with Crippen molar-refractivity contribution in [2.45, 2.75) is 10.9 Å². The first kappa shape index (κ1) is 15.0. The van der Waals surface area contributed by atoms with Gasteiger partial charge in [-0.05, 0) is 30.3 Å². The van der Waals surface area contributed by atoms with Gasteiger partial charge in [0.1, 0.15) is 5.75 Å². The molecule has 0 fully saturated rings. The van der Waals surface area contributed by atoms with E-state index in [4.69, 9.17) is 4.74 Å². The number of aromatic nitrogens is 3. The third-order valence-electron chi connectivity index (χ3n) is 3.51. The summed E-state index contributed by atoms with van der Waals surface area (Å²) in [5.74, 6) is 1.66. The molecule has 7 heteroatoms. The number of nitrogens with zero attached hydrogens (tertiary/aromatic N) is 3. The van der Waals surface area contributed by atoms with Crippen LogP contribution in [0, 0.1) is 0 Å². The lowest BCUT2D eigenvalue weighted by Crippen LogP contribution is -1.92. The van der Waals surface area contributed by atoms with Crippen LogP contribution in [0.5, 0.6) is 5.75 Å². The van der Waals surface area contributed by atoms with Crippen molar-refractivity contribution in [1.29, 1.82) is 0 Å². The first-order chi connectivity index (χ1) is 11.3. The summed E-state index contributed by atoms with van der Waals surface area (Å²) in [4.78, 5) is 0.926. The zero-order valence-electron chi connectivity index (χ0n) is 12.2. The normalized spacial score (nSPS) is 11.4. The number of thioether (sulfide) groups is 1. The molecule has 0 aliphatic heterocycles. The van der Waals surface area contributed by atoms with Gasteiger partial charge in [-0.2, -0.15) is 0 Å². The van der Waals surface area contributed by atoms with Gasteiger partial charge in [0.05, 0.1) is 17.3 Å². The molecule has 4 rings (SSSR count). The van der Waals surface area contributed by atoms with Crippen LogP contribution in [0.1, 0.15) is 5.56 Å². The van der Waals surface area contributed by atoms with Crippen molar-refractivity contribution >= 4 is 54.2 Å². The first-order valence-electron chi connectivity index (χ1n) is 6.94. The number of rotatable bonds is 4. The maximum Gasteiger partial charge on any atom is 0.217 e. The second-order valence-electron chi connectivity index (χ2n) is 4.92. The lowest BCUT2D eigenvalue weighted by molar-refractivity contribution is 0.411. The number of methoxy groups -OCH3 is 1. The summed E-state index contributed by atoms with van der Waals surface area (Å²) in [6.45, 7) is 0. The maximum absolute atomic E-state index is 5.44. The predicted molar refractivity (Wildman–Crippen MR) is 98.6 cm³/mol. The molecule has 2 aromatic heterocycles. The molecule has 0 atom stereocenters. The number of hydrogen-bond donors (Lipinski definition) is 0. The number of thiazole rings is 1. The Morgan fingerprint density at radius 1 is 1.22 bits per heavy atom. The summed E-state index contributed by atoms with van der Waals surface area (Å²) >= 11 is 6.83. The van der Waals surface area contributed by atoms with E-state index in [9.17, 15) is 0 Å². The van der Waals surface area contributed by atoms with E-state index in [1.165, 1.54) is 4.70 Å². The van der Waals surface area contributed by atoms with Crippen molar-refractivity contribution in [2.24, 2.45) is 0 Å². The number of para-hydroxylation sites is 1. The summed E-state index contributed by atoms with van der Waals surface area (Å²) in [7, 11) is 1.69. The zero-order chi connectivity index (χ0) is 15.8. The molecule has 0 aliphatic carbocycles. The molecule has 0 saturated heterocycles. The van der Waals surface area contributed by atoms with Crippen LogP contribution in [0.4, 0.5) is 0 Å². The summed E-state index contributed by atoms with van der Waals surface area (Å²) in [5, 5.41) is 9.53. The number of hydrogen-bond acceptors (Lipinski definition) is 5. The third kappa shape index (κ3) is 2.73. The van der Waals surface area contributed by atoms with E-state index in [1.54, 1.807) is 30.2 Å². The summed E-state index contributed by atoms with van der Waals surface area (Å²) in [6, 6.07) is 14.3. The highest BCUT2D eigenvalue weighted by Gasteiger charge is 2.13. The lowest BCUT2D eigenvalue weighted by Gasteiger charge is -2.08. The Morgan fingerprint density at radius 2 is 2.09 bits per heavy atom. The van der Waals surface area contributed by atoms with E-state index in [1.807, 2.05) is 24.3 Å². The highest BCUT2D eigenvalue weighted by atomic mass is 79.9. The van der Waals surface area contributed by atoms with Crippen LogP contribution in [0.3, 0.4) is 0 Å². The molecule has 4 nitrogen and oxygen atoms in total. The SMILES string of the molecule is COc1ccc(Br)cc1CSc1nnc2sc3ccccc3n12. The van der Waals surface area contributed by atoms with Crippen LogP contribution in [0.25, 0.3) is 15.2 Å². The Morgan fingerprint density at radius 3 is 2.96 bits per heavy atom. The quantitative estimate of drug-likeness (QED) is 0.447. The second kappa shape index (κ2) is 6.14. The van der Waals surface area contributed by atoms with Crippen molar-refractivity contribution in [1.82, 2.24) is 14.6 Å². The zero-order valence-corrected chi connectivity index (χ0v) is 15.4. The number of benzene rings is 2. The fourth-order valence-electron chi connectivity index (χ4n) is 2.45. The molecule has 0 spiro atoms. The van der Waals surface area contributed by atoms with Crippen LogP contribution >= 0.6 is 39.0 Å². The van der Waals surface area contributed by atoms with E-state index in [2.05, 4.69) is 48.7 Å². The molecule has 0 N–H and O–H groups in total.